The second kappa shape index (κ2) is 5.14. The van der Waals surface area contributed by atoms with Crippen molar-refractivity contribution in [1.29, 1.82) is 0 Å². The molecule has 0 unspecified atom stereocenters. The Labute approximate surface area is 124 Å². The molecule has 0 saturated heterocycles. The molecule has 0 radical (unpaired) electrons. The first-order valence-electron chi connectivity index (χ1n) is 6.48. The minimum atomic E-state index is 0.318. The van der Waals surface area contributed by atoms with Crippen LogP contribution in [0.2, 0.25) is 0 Å². The molecule has 2 heterocycles. The molecule has 0 spiro atoms. The SMILES string of the molecule is c1cc2c(cc1CSc1nnc(NC3CC3)s1)OCO2. The van der Waals surface area contributed by atoms with Crippen molar-refractivity contribution in [3.05, 3.63) is 23.8 Å². The largest absolute Gasteiger partial charge is 0.454 e. The normalized spacial score (nSPS) is 16.4. The van der Waals surface area contributed by atoms with Gasteiger partial charge >= 0.3 is 0 Å². The predicted octanol–water partition coefficient (Wildman–Crippen LogP) is 3.13. The topological polar surface area (TPSA) is 56.3 Å². The summed E-state index contributed by atoms with van der Waals surface area (Å²) in [5.74, 6) is 2.51. The van der Waals surface area contributed by atoms with Crippen LogP contribution in [0.4, 0.5) is 5.13 Å². The van der Waals surface area contributed by atoms with E-state index >= 15 is 0 Å². The summed E-state index contributed by atoms with van der Waals surface area (Å²) >= 11 is 3.32. The molecule has 0 bridgehead atoms. The van der Waals surface area contributed by atoms with Gasteiger partial charge in [0, 0.05) is 11.8 Å². The van der Waals surface area contributed by atoms with E-state index < -0.39 is 0 Å². The highest BCUT2D eigenvalue weighted by molar-refractivity contribution is 8.00. The highest BCUT2D eigenvalue weighted by Crippen LogP contribution is 2.35. The van der Waals surface area contributed by atoms with Gasteiger partial charge in [-0.2, -0.15) is 0 Å². The fourth-order valence-corrected chi connectivity index (χ4v) is 3.68. The van der Waals surface area contributed by atoms with Crippen LogP contribution in [-0.4, -0.2) is 23.0 Å². The Bertz CT molecular complexity index is 628. The Balaban J connectivity index is 1.38. The van der Waals surface area contributed by atoms with Gasteiger partial charge in [0.2, 0.25) is 11.9 Å². The monoisotopic (exact) mass is 307 g/mol. The Morgan fingerprint density at radius 1 is 1.25 bits per heavy atom. The standard InChI is InChI=1S/C13H13N3O2S2/c1-4-10-11(18-7-17-10)5-8(1)6-19-13-16-15-12(20-13)14-9-2-3-9/h1,4-5,9H,2-3,6-7H2,(H,14,15). The van der Waals surface area contributed by atoms with E-state index in [-0.39, 0.29) is 0 Å². The van der Waals surface area contributed by atoms with Crippen LogP contribution in [0.3, 0.4) is 0 Å². The number of benzene rings is 1. The van der Waals surface area contributed by atoms with E-state index in [2.05, 4.69) is 21.6 Å². The molecule has 2 aliphatic rings. The van der Waals surface area contributed by atoms with E-state index in [9.17, 15) is 0 Å². The molecule has 2 aromatic rings. The first-order chi connectivity index (χ1) is 9.87. The van der Waals surface area contributed by atoms with Gasteiger partial charge in [0.05, 0.1) is 0 Å². The molecule has 1 N–H and O–H groups in total. The fraction of sp³-hybridized carbons (Fsp3) is 0.385. The van der Waals surface area contributed by atoms with Crippen molar-refractivity contribution in [2.24, 2.45) is 0 Å². The highest BCUT2D eigenvalue weighted by atomic mass is 32.2. The summed E-state index contributed by atoms with van der Waals surface area (Å²) in [4.78, 5) is 0. The van der Waals surface area contributed by atoms with E-state index in [1.165, 1.54) is 18.4 Å². The van der Waals surface area contributed by atoms with E-state index in [4.69, 9.17) is 9.47 Å². The summed E-state index contributed by atoms with van der Waals surface area (Å²) in [6, 6.07) is 6.66. The Hall–Kier alpha value is -1.47. The molecular formula is C13H13N3O2S2. The Kier molecular flexibility index (Phi) is 3.16. The molecule has 104 valence electrons. The molecule has 1 fully saturated rings. The quantitative estimate of drug-likeness (QED) is 0.857. The smallest absolute Gasteiger partial charge is 0.231 e. The summed E-state index contributed by atoms with van der Waals surface area (Å²) in [5.41, 5.74) is 1.20. The number of hydrogen-bond donors (Lipinski definition) is 1. The molecule has 5 nitrogen and oxygen atoms in total. The number of ether oxygens (including phenoxy) is 2. The van der Waals surface area contributed by atoms with Crippen molar-refractivity contribution in [1.82, 2.24) is 10.2 Å². The zero-order valence-corrected chi connectivity index (χ0v) is 12.3. The van der Waals surface area contributed by atoms with Crippen molar-refractivity contribution in [3.8, 4) is 11.5 Å². The first kappa shape index (κ1) is 12.3. The van der Waals surface area contributed by atoms with E-state index in [1.807, 2.05) is 12.1 Å². The van der Waals surface area contributed by atoms with Crippen LogP contribution in [0.25, 0.3) is 0 Å². The van der Waals surface area contributed by atoms with Gasteiger partial charge in [-0.1, -0.05) is 29.2 Å². The van der Waals surface area contributed by atoms with Crippen LogP contribution in [-0.2, 0) is 5.75 Å². The van der Waals surface area contributed by atoms with Crippen LogP contribution >= 0.6 is 23.1 Å². The van der Waals surface area contributed by atoms with Gasteiger partial charge in [0.1, 0.15) is 0 Å². The lowest BCUT2D eigenvalue weighted by Crippen LogP contribution is -1.99. The number of nitrogens with one attached hydrogen (secondary N) is 1. The molecule has 1 aromatic carbocycles. The van der Waals surface area contributed by atoms with Crippen molar-refractivity contribution in [3.63, 3.8) is 0 Å². The van der Waals surface area contributed by atoms with Crippen molar-refractivity contribution in [2.45, 2.75) is 29.0 Å². The van der Waals surface area contributed by atoms with E-state index in [0.29, 0.717) is 12.8 Å². The number of aromatic nitrogens is 2. The predicted molar refractivity (Wildman–Crippen MR) is 78.7 cm³/mol. The average Bonchev–Trinajstić information content (AvgIpc) is 2.98. The molecule has 1 aliphatic carbocycles. The van der Waals surface area contributed by atoms with E-state index in [0.717, 1.165) is 26.7 Å². The highest BCUT2D eigenvalue weighted by Gasteiger charge is 2.22. The number of nitrogens with zero attached hydrogens (tertiary/aromatic N) is 2. The van der Waals surface area contributed by atoms with Crippen LogP contribution < -0.4 is 14.8 Å². The average molecular weight is 307 g/mol. The van der Waals surface area contributed by atoms with Crippen molar-refractivity contribution < 1.29 is 9.47 Å². The summed E-state index contributed by atoms with van der Waals surface area (Å²) in [5, 5.41) is 12.7. The third-order valence-electron chi connectivity index (χ3n) is 3.11. The van der Waals surface area contributed by atoms with Crippen LogP contribution in [0, 0.1) is 0 Å². The molecule has 20 heavy (non-hydrogen) atoms. The van der Waals surface area contributed by atoms with Crippen molar-refractivity contribution >= 4 is 28.2 Å². The third kappa shape index (κ3) is 2.69. The molecule has 1 aliphatic heterocycles. The summed E-state index contributed by atoms with van der Waals surface area (Å²) in [7, 11) is 0. The van der Waals surface area contributed by atoms with E-state index in [1.54, 1.807) is 23.1 Å². The minimum absolute atomic E-state index is 0.318. The lowest BCUT2D eigenvalue weighted by molar-refractivity contribution is 0.174. The van der Waals surface area contributed by atoms with Gasteiger partial charge in [-0.25, -0.2) is 0 Å². The Morgan fingerprint density at radius 2 is 2.15 bits per heavy atom. The second-order valence-electron chi connectivity index (χ2n) is 4.77. The maximum atomic E-state index is 5.38. The summed E-state index contributed by atoms with van der Waals surface area (Å²) < 4.78 is 11.7. The fourth-order valence-electron chi connectivity index (χ4n) is 1.90. The number of anilines is 1. The van der Waals surface area contributed by atoms with Gasteiger partial charge in [-0.3, -0.25) is 0 Å². The van der Waals surface area contributed by atoms with Gasteiger partial charge < -0.3 is 14.8 Å². The molecule has 0 amide bonds. The third-order valence-corrected chi connectivity index (χ3v) is 5.17. The van der Waals surface area contributed by atoms with Crippen LogP contribution in [0.5, 0.6) is 11.5 Å². The summed E-state index contributed by atoms with van der Waals surface area (Å²) in [6.07, 6.45) is 2.50. The van der Waals surface area contributed by atoms with Crippen molar-refractivity contribution in [2.75, 3.05) is 12.1 Å². The molecule has 7 heteroatoms. The molecule has 1 saturated carbocycles. The zero-order valence-electron chi connectivity index (χ0n) is 10.7. The van der Waals surface area contributed by atoms with Crippen LogP contribution in [0.15, 0.2) is 22.5 Å². The molecule has 1 aromatic heterocycles. The van der Waals surface area contributed by atoms with Gasteiger partial charge in [-0.05, 0) is 30.5 Å². The molecular weight excluding hydrogens is 294 g/mol. The summed E-state index contributed by atoms with van der Waals surface area (Å²) in [6.45, 7) is 0.318. The number of fused-ring (bicyclic) bond motifs is 1. The van der Waals surface area contributed by atoms with Gasteiger partial charge in [-0.15, -0.1) is 10.2 Å². The zero-order chi connectivity index (χ0) is 13.4. The first-order valence-corrected chi connectivity index (χ1v) is 8.28. The maximum absolute atomic E-state index is 5.38. The number of hydrogen-bond acceptors (Lipinski definition) is 7. The van der Waals surface area contributed by atoms with Gasteiger partial charge in [0.15, 0.2) is 15.8 Å². The second-order valence-corrected chi connectivity index (χ2v) is 6.97. The van der Waals surface area contributed by atoms with Gasteiger partial charge in [0.25, 0.3) is 0 Å². The number of rotatable bonds is 5. The molecule has 4 rings (SSSR count). The van der Waals surface area contributed by atoms with Crippen LogP contribution in [0.1, 0.15) is 18.4 Å². The molecule has 0 atom stereocenters. The lowest BCUT2D eigenvalue weighted by atomic mass is 10.2. The number of thioether (sulfide) groups is 1. The lowest BCUT2D eigenvalue weighted by Gasteiger charge is -2.01. The Morgan fingerprint density at radius 3 is 3.05 bits per heavy atom. The maximum Gasteiger partial charge on any atom is 0.231 e. The minimum Gasteiger partial charge on any atom is -0.454 e.